The molecule has 4 heteroatoms. The molecule has 1 unspecified atom stereocenters. The fourth-order valence-electron chi connectivity index (χ4n) is 2.09. The van der Waals surface area contributed by atoms with Crippen LogP contribution in [-0.4, -0.2) is 42.5 Å². The van der Waals surface area contributed by atoms with Crippen molar-refractivity contribution in [3.05, 3.63) is 0 Å². The average molecular weight is 255 g/mol. The molecule has 0 aromatic carbocycles. The molecular formula is C14H29N3O. The summed E-state index contributed by atoms with van der Waals surface area (Å²) in [5.74, 6) is 0.635. The van der Waals surface area contributed by atoms with E-state index in [0.717, 1.165) is 13.0 Å². The monoisotopic (exact) mass is 255 g/mol. The van der Waals surface area contributed by atoms with Crippen LogP contribution in [0.1, 0.15) is 46.5 Å². The number of hydrogen-bond acceptors (Lipinski definition) is 3. The molecule has 106 valence electrons. The van der Waals surface area contributed by atoms with Gasteiger partial charge in [0.15, 0.2) is 0 Å². The van der Waals surface area contributed by atoms with Crippen molar-refractivity contribution < 1.29 is 4.79 Å². The predicted molar refractivity (Wildman–Crippen MR) is 75.3 cm³/mol. The number of nitrogens with one attached hydrogen (secondary N) is 1. The molecule has 1 aliphatic carbocycles. The van der Waals surface area contributed by atoms with E-state index in [2.05, 4.69) is 31.0 Å². The number of carbonyl (C=O) groups is 1. The summed E-state index contributed by atoms with van der Waals surface area (Å²) in [6, 6.07) is 0.854. The van der Waals surface area contributed by atoms with Crippen molar-refractivity contribution >= 4 is 5.91 Å². The minimum atomic E-state index is 0.153. The molecule has 0 bridgehead atoms. The van der Waals surface area contributed by atoms with Crippen LogP contribution in [0.15, 0.2) is 0 Å². The van der Waals surface area contributed by atoms with Gasteiger partial charge in [0, 0.05) is 18.6 Å². The second kappa shape index (κ2) is 7.74. The summed E-state index contributed by atoms with van der Waals surface area (Å²) in [6.45, 7) is 8.50. The number of carbonyl (C=O) groups excluding carboxylic acids is 1. The largest absolute Gasteiger partial charge is 0.352 e. The van der Waals surface area contributed by atoms with Crippen molar-refractivity contribution in [1.82, 2.24) is 10.2 Å². The molecule has 1 aliphatic rings. The molecule has 0 aromatic rings. The van der Waals surface area contributed by atoms with Crippen molar-refractivity contribution in [2.45, 2.75) is 58.5 Å². The van der Waals surface area contributed by atoms with E-state index in [1.165, 1.54) is 19.3 Å². The topological polar surface area (TPSA) is 58.4 Å². The van der Waals surface area contributed by atoms with Crippen molar-refractivity contribution in [3.63, 3.8) is 0 Å². The lowest BCUT2D eigenvalue weighted by atomic mass is 9.91. The second-order valence-electron chi connectivity index (χ2n) is 5.80. The first-order chi connectivity index (χ1) is 8.54. The third-order valence-corrected chi connectivity index (χ3v) is 3.98. The molecule has 0 radical (unpaired) electrons. The molecule has 4 nitrogen and oxygen atoms in total. The number of nitrogens with two attached hydrogens (primary N) is 1. The van der Waals surface area contributed by atoms with Crippen LogP contribution in [0.2, 0.25) is 0 Å². The normalized spacial score (nSPS) is 17.9. The zero-order chi connectivity index (χ0) is 13.5. The Bertz CT molecular complexity index is 251. The first-order valence-corrected chi connectivity index (χ1v) is 7.28. The number of amides is 1. The highest BCUT2D eigenvalue weighted by molar-refractivity contribution is 5.78. The smallest absolute Gasteiger partial charge is 0.234 e. The molecule has 1 saturated carbocycles. The van der Waals surface area contributed by atoms with Crippen molar-refractivity contribution in [1.29, 1.82) is 0 Å². The van der Waals surface area contributed by atoms with Gasteiger partial charge < -0.3 is 11.1 Å². The maximum absolute atomic E-state index is 12.0. The molecular weight excluding hydrogens is 226 g/mol. The number of hydrogen-bond donors (Lipinski definition) is 2. The summed E-state index contributed by atoms with van der Waals surface area (Å²) < 4.78 is 0. The van der Waals surface area contributed by atoms with E-state index in [0.29, 0.717) is 25.0 Å². The van der Waals surface area contributed by atoms with E-state index < -0.39 is 0 Å². The molecule has 18 heavy (non-hydrogen) atoms. The zero-order valence-electron chi connectivity index (χ0n) is 12.1. The highest BCUT2D eigenvalue weighted by atomic mass is 16.2. The van der Waals surface area contributed by atoms with Gasteiger partial charge in [0.1, 0.15) is 0 Å². The Kier molecular flexibility index (Phi) is 6.65. The number of rotatable bonds is 8. The highest BCUT2D eigenvalue weighted by Gasteiger charge is 2.26. The van der Waals surface area contributed by atoms with E-state index in [1.807, 2.05) is 0 Å². The van der Waals surface area contributed by atoms with Gasteiger partial charge in [-0.2, -0.15) is 0 Å². The predicted octanol–water partition coefficient (Wildman–Crippen LogP) is 1.35. The summed E-state index contributed by atoms with van der Waals surface area (Å²) >= 11 is 0. The quantitative estimate of drug-likeness (QED) is 0.688. The number of nitrogens with zero attached hydrogens (tertiary/aromatic N) is 1. The SMILES string of the molecule is CC(C)C(C)NC(=O)CN(CCCN)C1CCC1. The molecule has 1 rings (SSSR count). The van der Waals surface area contributed by atoms with Crippen molar-refractivity contribution in [3.8, 4) is 0 Å². The van der Waals surface area contributed by atoms with Crippen LogP contribution >= 0.6 is 0 Å². The minimum absolute atomic E-state index is 0.153. The maximum Gasteiger partial charge on any atom is 0.234 e. The zero-order valence-corrected chi connectivity index (χ0v) is 12.1. The van der Waals surface area contributed by atoms with Crippen LogP contribution < -0.4 is 11.1 Å². The van der Waals surface area contributed by atoms with E-state index in [-0.39, 0.29) is 11.9 Å². The summed E-state index contributed by atoms with van der Waals surface area (Å²) in [5, 5.41) is 3.08. The molecule has 1 fully saturated rings. The van der Waals surface area contributed by atoms with Gasteiger partial charge >= 0.3 is 0 Å². The van der Waals surface area contributed by atoms with E-state index in [4.69, 9.17) is 5.73 Å². The summed E-state index contributed by atoms with van der Waals surface area (Å²) in [6.07, 6.45) is 4.74. The van der Waals surface area contributed by atoms with Crippen molar-refractivity contribution in [2.24, 2.45) is 11.7 Å². The molecule has 0 heterocycles. The van der Waals surface area contributed by atoms with Gasteiger partial charge in [0.25, 0.3) is 0 Å². The first-order valence-electron chi connectivity index (χ1n) is 7.28. The van der Waals surface area contributed by atoms with Gasteiger partial charge in [-0.3, -0.25) is 9.69 Å². The Hall–Kier alpha value is -0.610. The van der Waals surface area contributed by atoms with Crippen LogP contribution in [0.5, 0.6) is 0 Å². The van der Waals surface area contributed by atoms with Crippen molar-refractivity contribution in [2.75, 3.05) is 19.6 Å². The molecule has 3 N–H and O–H groups in total. The molecule has 0 saturated heterocycles. The van der Waals surface area contributed by atoms with E-state index in [9.17, 15) is 4.79 Å². The van der Waals surface area contributed by atoms with Gasteiger partial charge in [0.2, 0.25) is 5.91 Å². The molecule has 0 spiro atoms. The second-order valence-corrected chi connectivity index (χ2v) is 5.80. The Morgan fingerprint density at radius 1 is 1.39 bits per heavy atom. The summed E-state index contributed by atoms with van der Waals surface area (Å²) in [7, 11) is 0. The van der Waals surface area contributed by atoms with E-state index in [1.54, 1.807) is 0 Å². The fraction of sp³-hybridized carbons (Fsp3) is 0.929. The lowest BCUT2D eigenvalue weighted by Crippen LogP contribution is -2.48. The third-order valence-electron chi connectivity index (χ3n) is 3.98. The Morgan fingerprint density at radius 3 is 2.50 bits per heavy atom. The highest BCUT2D eigenvalue weighted by Crippen LogP contribution is 2.24. The minimum Gasteiger partial charge on any atom is -0.352 e. The summed E-state index contributed by atoms with van der Waals surface area (Å²) in [4.78, 5) is 14.3. The molecule has 0 aromatic heterocycles. The van der Waals surface area contributed by atoms with Gasteiger partial charge in [-0.1, -0.05) is 20.3 Å². The van der Waals surface area contributed by atoms with Crippen LogP contribution in [-0.2, 0) is 4.79 Å². The molecule has 0 aliphatic heterocycles. The Morgan fingerprint density at radius 2 is 2.06 bits per heavy atom. The van der Waals surface area contributed by atoms with E-state index >= 15 is 0 Å². The van der Waals surface area contributed by atoms with Crippen LogP contribution in [0.25, 0.3) is 0 Å². The fourth-order valence-corrected chi connectivity index (χ4v) is 2.09. The molecule has 1 amide bonds. The average Bonchev–Trinajstić information content (AvgIpc) is 2.22. The Balaban J connectivity index is 2.36. The van der Waals surface area contributed by atoms with Crippen LogP contribution in [0, 0.1) is 5.92 Å². The maximum atomic E-state index is 12.0. The lowest BCUT2D eigenvalue weighted by molar-refractivity contribution is -0.124. The summed E-state index contributed by atoms with van der Waals surface area (Å²) in [5.41, 5.74) is 5.56. The Labute approximate surface area is 111 Å². The third kappa shape index (κ3) is 4.94. The standard InChI is InChI=1S/C14H29N3O/c1-11(2)12(3)16-14(18)10-17(9-5-8-15)13-6-4-7-13/h11-13H,4-10,15H2,1-3H3,(H,16,18). The first kappa shape index (κ1) is 15.4. The van der Waals surface area contributed by atoms with Gasteiger partial charge in [0.05, 0.1) is 6.54 Å². The van der Waals surface area contributed by atoms with Gasteiger partial charge in [-0.25, -0.2) is 0 Å². The van der Waals surface area contributed by atoms with Crippen LogP contribution in [0.4, 0.5) is 0 Å². The van der Waals surface area contributed by atoms with Gasteiger partial charge in [-0.15, -0.1) is 0 Å². The molecule has 1 atom stereocenters. The van der Waals surface area contributed by atoms with Crippen LogP contribution in [0.3, 0.4) is 0 Å². The lowest BCUT2D eigenvalue weighted by Gasteiger charge is -2.37. The van der Waals surface area contributed by atoms with Gasteiger partial charge in [-0.05, 0) is 38.6 Å².